The van der Waals surface area contributed by atoms with Gasteiger partial charge >= 0.3 is 5.97 Å². The van der Waals surface area contributed by atoms with Gasteiger partial charge in [0.2, 0.25) is 17.7 Å². The van der Waals surface area contributed by atoms with Gasteiger partial charge in [-0.25, -0.2) is 4.79 Å². The van der Waals surface area contributed by atoms with Crippen molar-refractivity contribution in [1.82, 2.24) is 19.6 Å². The van der Waals surface area contributed by atoms with E-state index in [1.165, 1.54) is 14.0 Å². The molecule has 0 bridgehead atoms. The maximum atomic E-state index is 14.8. The minimum absolute atomic E-state index is 0.0235. The number of rotatable bonds is 8. The summed E-state index contributed by atoms with van der Waals surface area (Å²) >= 11 is 6.46. The second kappa shape index (κ2) is 13.9. The highest BCUT2D eigenvalue weighted by molar-refractivity contribution is 6.31. The highest BCUT2D eigenvalue weighted by Crippen LogP contribution is 2.44. The third-order valence-electron chi connectivity index (χ3n) is 12.4. The third kappa shape index (κ3) is 5.89. The number of likely N-dealkylation sites (tertiary alicyclic amines) is 2. The molecule has 51 heavy (non-hydrogen) atoms. The lowest BCUT2D eigenvalue weighted by molar-refractivity contribution is -0.159. The number of ether oxygens (including phenoxy) is 1. The van der Waals surface area contributed by atoms with Gasteiger partial charge in [-0.3, -0.25) is 19.2 Å². The van der Waals surface area contributed by atoms with Crippen LogP contribution in [0.15, 0.2) is 48.6 Å². The number of Topliss-reactive ketones (excluding diaryl/α,β-unsaturated/α-hetero) is 1. The van der Waals surface area contributed by atoms with Crippen LogP contribution in [0.1, 0.15) is 70.8 Å². The molecule has 6 aliphatic heterocycles. The molecule has 0 N–H and O–H groups in total. The number of nitrogens with zero attached hydrogens (tertiary/aromatic N) is 4. The van der Waals surface area contributed by atoms with Gasteiger partial charge in [-0.15, -0.1) is 0 Å². The van der Waals surface area contributed by atoms with Gasteiger partial charge in [-0.05, 0) is 69.4 Å². The largest absolute Gasteiger partial charge is 0.467 e. The summed E-state index contributed by atoms with van der Waals surface area (Å²) < 4.78 is 5.10. The molecule has 0 radical (unpaired) electrons. The average Bonchev–Trinajstić information content (AvgIpc) is 3.91. The Kier molecular flexibility index (Phi) is 9.62. The molecule has 4 saturated heterocycles. The molecule has 0 unspecified atom stereocenters. The molecular formula is C39H47ClN4O7. The van der Waals surface area contributed by atoms with Crippen LogP contribution in [0.25, 0.3) is 0 Å². The van der Waals surface area contributed by atoms with Gasteiger partial charge in [0.05, 0.1) is 19.2 Å². The van der Waals surface area contributed by atoms with Crippen LogP contribution in [0.5, 0.6) is 0 Å². The predicted octanol–water partition coefficient (Wildman–Crippen LogP) is 3.72. The lowest BCUT2D eigenvalue weighted by atomic mass is 9.86. The van der Waals surface area contributed by atoms with Gasteiger partial charge in [-0.2, -0.15) is 0 Å². The normalized spacial score (nSPS) is 33.0. The summed E-state index contributed by atoms with van der Waals surface area (Å²) in [5, 5.41) is 0.517. The summed E-state index contributed by atoms with van der Waals surface area (Å²) in [4.78, 5) is 90.0. The predicted molar refractivity (Wildman–Crippen MR) is 188 cm³/mol. The van der Waals surface area contributed by atoms with Gasteiger partial charge in [0, 0.05) is 36.4 Å². The number of benzene rings is 1. The molecule has 4 amide bonds. The number of hydrogen-bond donors (Lipinski definition) is 0. The number of hydrogen-bond acceptors (Lipinski definition) is 7. The number of fused-ring (bicyclic) bond motifs is 3. The molecule has 6 aliphatic rings. The van der Waals surface area contributed by atoms with Crippen LogP contribution < -0.4 is 0 Å². The molecule has 6 heterocycles. The average molecular weight is 719 g/mol. The van der Waals surface area contributed by atoms with E-state index in [0.29, 0.717) is 56.6 Å². The summed E-state index contributed by atoms with van der Waals surface area (Å²) in [6.07, 6.45) is 12.2. The number of carbonyl (C=O) groups is 6. The van der Waals surface area contributed by atoms with Crippen molar-refractivity contribution in [3.8, 4) is 0 Å². The number of halogens is 1. The quantitative estimate of drug-likeness (QED) is 0.297. The topological polar surface area (TPSA) is 125 Å². The standard InChI is InChI=1S/C39H47ClN4O7/c1-4-24-22-32(37(49)51-3)44-30(24)12-10-25-15-19-41(33(25)36(44)48)35(47)31-13-11-28-14-17-39(38(50)43(28)31)16-7-18-42(39)34(46)27(20-23(2)45)21-26-8-5-6-9-29(26)40/h5-6,8-10,12,14,17,24-25,27-28,30-33H,4,7,11,13,15-16,18-22H2,1-3H3/t24-,25+,27+,28+,30+,31+,32+,33+,39-/m1/s1. The number of esters is 1. The van der Waals surface area contributed by atoms with E-state index >= 15 is 0 Å². The van der Waals surface area contributed by atoms with Crippen LogP contribution in [0.2, 0.25) is 5.02 Å². The van der Waals surface area contributed by atoms with Crippen LogP contribution in [-0.2, 0) is 39.9 Å². The van der Waals surface area contributed by atoms with E-state index in [1.807, 2.05) is 42.5 Å². The Hall–Kier alpha value is -3.99. The van der Waals surface area contributed by atoms with E-state index < -0.39 is 35.6 Å². The third-order valence-corrected chi connectivity index (χ3v) is 12.7. The highest BCUT2D eigenvalue weighted by atomic mass is 35.5. The van der Waals surface area contributed by atoms with Crippen LogP contribution >= 0.6 is 11.6 Å². The van der Waals surface area contributed by atoms with Crippen LogP contribution in [0.4, 0.5) is 0 Å². The van der Waals surface area contributed by atoms with Crippen molar-refractivity contribution < 1.29 is 33.5 Å². The minimum Gasteiger partial charge on any atom is -0.467 e. The molecule has 0 aromatic heterocycles. The first-order valence-electron chi connectivity index (χ1n) is 18.5. The van der Waals surface area contributed by atoms with Gasteiger partial charge < -0.3 is 29.1 Å². The Morgan fingerprint density at radius 2 is 1.78 bits per heavy atom. The number of methoxy groups -OCH3 is 1. The molecule has 4 fully saturated rings. The Balaban J connectivity index is 1.14. The summed E-state index contributed by atoms with van der Waals surface area (Å²) in [5.74, 6) is -2.42. The Labute approximate surface area is 303 Å². The fourth-order valence-electron chi connectivity index (χ4n) is 9.87. The smallest absolute Gasteiger partial charge is 0.328 e. The van der Waals surface area contributed by atoms with Crippen molar-refractivity contribution in [3.63, 3.8) is 0 Å². The molecule has 12 heteroatoms. The molecule has 1 aromatic carbocycles. The van der Waals surface area contributed by atoms with Crippen molar-refractivity contribution in [2.45, 2.75) is 107 Å². The fraction of sp³-hybridized carbons (Fsp3) is 0.590. The molecule has 1 aromatic rings. The molecule has 1 spiro atoms. The zero-order valence-corrected chi connectivity index (χ0v) is 30.3. The van der Waals surface area contributed by atoms with E-state index in [9.17, 15) is 28.8 Å². The Morgan fingerprint density at radius 3 is 2.51 bits per heavy atom. The van der Waals surface area contributed by atoms with Crippen molar-refractivity contribution in [3.05, 3.63) is 59.2 Å². The monoisotopic (exact) mass is 718 g/mol. The molecule has 7 rings (SSSR count). The van der Waals surface area contributed by atoms with Crippen molar-refractivity contribution in [1.29, 1.82) is 0 Å². The molecule has 272 valence electrons. The summed E-state index contributed by atoms with van der Waals surface area (Å²) in [5.41, 5.74) is -0.496. The number of carbonyl (C=O) groups excluding carboxylic acids is 6. The lowest BCUT2D eigenvalue weighted by Crippen LogP contribution is -2.64. The fourth-order valence-corrected chi connectivity index (χ4v) is 10.1. The SMILES string of the molecule is CC[C@@H]1C[C@@H](C(=O)OC)N2C(=O)[C@@H]3[C@@H](C=C[C@@H]12)CCN3C(=O)[C@@H]1CC[C@H]2C=C[C@]3(CCCN3C(=O)[C@@H](CC(C)=O)Cc3ccccc3Cl)C(=O)N21. The van der Waals surface area contributed by atoms with E-state index in [-0.39, 0.29) is 66.2 Å². The second-order valence-electron chi connectivity index (χ2n) is 15.1. The van der Waals surface area contributed by atoms with Crippen LogP contribution in [-0.4, -0.2) is 111 Å². The van der Waals surface area contributed by atoms with Crippen LogP contribution in [0.3, 0.4) is 0 Å². The summed E-state index contributed by atoms with van der Waals surface area (Å²) in [7, 11) is 1.33. The van der Waals surface area contributed by atoms with Gasteiger partial charge in [0.15, 0.2) is 0 Å². The van der Waals surface area contributed by atoms with Crippen molar-refractivity contribution in [2.75, 3.05) is 20.2 Å². The van der Waals surface area contributed by atoms with E-state index in [2.05, 4.69) is 6.92 Å². The van der Waals surface area contributed by atoms with Gasteiger partial charge in [0.1, 0.15) is 29.4 Å². The molecule has 9 atom stereocenters. The summed E-state index contributed by atoms with van der Waals surface area (Å²) in [6.45, 7) is 4.24. The molecular weight excluding hydrogens is 672 g/mol. The van der Waals surface area contributed by atoms with E-state index in [0.717, 1.165) is 12.0 Å². The van der Waals surface area contributed by atoms with Crippen LogP contribution in [0, 0.1) is 17.8 Å². The molecule has 11 nitrogen and oxygen atoms in total. The molecule has 0 saturated carbocycles. The Bertz CT molecular complexity index is 1690. The first-order chi connectivity index (χ1) is 24.5. The maximum absolute atomic E-state index is 14.8. The number of amides is 4. The van der Waals surface area contributed by atoms with Gasteiger partial charge in [0.25, 0.3) is 5.91 Å². The Morgan fingerprint density at radius 1 is 1.00 bits per heavy atom. The lowest BCUT2D eigenvalue weighted by Gasteiger charge is -2.45. The molecule has 0 aliphatic carbocycles. The zero-order valence-electron chi connectivity index (χ0n) is 29.5. The first-order valence-corrected chi connectivity index (χ1v) is 18.8. The first kappa shape index (κ1) is 35.4. The van der Waals surface area contributed by atoms with Gasteiger partial charge in [-0.1, -0.05) is 67.4 Å². The highest BCUT2D eigenvalue weighted by Gasteiger charge is 2.59. The zero-order chi connectivity index (χ0) is 36.2. The second-order valence-corrected chi connectivity index (χ2v) is 15.5. The van der Waals surface area contributed by atoms with Crippen molar-refractivity contribution in [2.24, 2.45) is 17.8 Å². The number of ketones is 1. The van der Waals surface area contributed by atoms with Crippen molar-refractivity contribution >= 4 is 47.0 Å². The maximum Gasteiger partial charge on any atom is 0.328 e. The van der Waals surface area contributed by atoms with E-state index in [1.54, 1.807) is 25.7 Å². The van der Waals surface area contributed by atoms with E-state index in [4.69, 9.17) is 16.3 Å². The summed E-state index contributed by atoms with van der Waals surface area (Å²) in [6, 6.07) is 4.45. The minimum atomic E-state index is -1.26.